The fraction of sp³-hybridized carbons (Fsp3) is 0.182. The van der Waals surface area contributed by atoms with Crippen molar-refractivity contribution < 1.29 is 24.2 Å². The molecule has 0 bridgehead atoms. The van der Waals surface area contributed by atoms with Gasteiger partial charge in [0.1, 0.15) is 5.75 Å². The normalized spacial score (nSPS) is 9.76. The summed E-state index contributed by atoms with van der Waals surface area (Å²) < 4.78 is 4.17. The summed E-state index contributed by atoms with van der Waals surface area (Å²) in [5.74, 6) is -3.06. The molecule has 5 nitrogen and oxygen atoms in total. The quantitative estimate of drug-likeness (QED) is 0.381. The third-order valence-electron chi connectivity index (χ3n) is 1.99. The van der Waals surface area contributed by atoms with Crippen LogP contribution in [0.4, 0.5) is 0 Å². The Morgan fingerprint density at radius 3 is 2.59 bits per heavy atom. The Kier molecular flexibility index (Phi) is 4.23. The lowest BCUT2D eigenvalue weighted by molar-refractivity contribution is -0.151. The summed E-state index contributed by atoms with van der Waals surface area (Å²) >= 11 is 5.65. The second-order valence-corrected chi connectivity index (χ2v) is 3.61. The van der Waals surface area contributed by atoms with Crippen LogP contribution in [0.15, 0.2) is 18.2 Å². The number of ether oxygens (including phenoxy) is 1. The minimum atomic E-state index is -1.10. The molecule has 0 aromatic heterocycles. The largest absolute Gasteiger partial charge is 0.507 e. The first kappa shape index (κ1) is 13.2. The van der Waals surface area contributed by atoms with E-state index in [1.807, 2.05) is 0 Å². The molecule has 0 aliphatic heterocycles. The molecule has 1 aromatic carbocycles. The van der Waals surface area contributed by atoms with Crippen LogP contribution < -0.4 is 0 Å². The van der Waals surface area contributed by atoms with Gasteiger partial charge in [0.05, 0.1) is 19.1 Å². The topological polar surface area (TPSA) is 80.7 Å². The highest BCUT2D eigenvalue weighted by atomic mass is 35.5. The summed E-state index contributed by atoms with van der Waals surface area (Å²) in [7, 11) is 1.04. The molecule has 0 fully saturated rings. The number of hydrogen-bond donors (Lipinski definition) is 1. The van der Waals surface area contributed by atoms with Gasteiger partial charge in [-0.25, -0.2) is 4.79 Å². The van der Waals surface area contributed by atoms with Crippen molar-refractivity contribution in [1.29, 1.82) is 0 Å². The van der Waals surface area contributed by atoms with Gasteiger partial charge in [-0.3, -0.25) is 9.59 Å². The minimum absolute atomic E-state index is 0.102. The van der Waals surface area contributed by atoms with Crippen molar-refractivity contribution in [2.75, 3.05) is 7.11 Å². The van der Waals surface area contributed by atoms with Gasteiger partial charge < -0.3 is 9.84 Å². The van der Waals surface area contributed by atoms with Crippen molar-refractivity contribution in [2.24, 2.45) is 0 Å². The van der Waals surface area contributed by atoms with Gasteiger partial charge in [0.25, 0.3) is 0 Å². The maximum atomic E-state index is 11.6. The van der Waals surface area contributed by atoms with E-state index in [4.69, 9.17) is 11.6 Å². The van der Waals surface area contributed by atoms with Gasteiger partial charge in [0, 0.05) is 5.02 Å². The van der Waals surface area contributed by atoms with Crippen LogP contribution in [0.25, 0.3) is 0 Å². The van der Waals surface area contributed by atoms with E-state index >= 15 is 0 Å². The zero-order valence-electron chi connectivity index (χ0n) is 8.90. The number of ketones is 2. The average molecular weight is 257 g/mol. The van der Waals surface area contributed by atoms with Gasteiger partial charge in [0.2, 0.25) is 5.78 Å². The van der Waals surface area contributed by atoms with Crippen molar-refractivity contribution in [2.45, 2.75) is 6.42 Å². The minimum Gasteiger partial charge on any atom is -0.507 e. The monoisotopic (exact) mass is 256 g/mol. The highest BCUT2D eigenvalue weighted by Gasteiger charge is 2.21. The smallest absolute Gasteiger partial charge is 0.374 e. The summed E-state index contributed by atoms with van der Waals surface area (Å²) in [5.41, 5.74) is -0.102. The molecule has 0 radical (unpaired) electrons. The molecule has 0 amide bonds. The number of carbonyl (C=O) groups is 3. The number of carbonyl (C=O) groups excluding carboxylic acids is 3. The molecule has 1 rings (SSSR count). The maximum absolute atomic E-state index is 11.6. The van der Waals surface area contributed by atoms with Gasteiger partial charge in [-0.1, -0.05) is 11.6 Å². The first-order valence-corrected chi connectivity index (χ1v) is 4.96. The van der Waals surface area contributed by atoms with E-state index in [1.54, 1.807) is 0 Å². The summed E-state index contributed by atoms with van der Waals surface area (Å²) in [5, 5.41) is 9.65. The van der Waals surface area contributed by atoms with E-state index in [0.717, 1.165) is 7.11 Å². The predicted molar refractivity (Wildman–Crippen MR) is 59.1 cm³/mol. The summed E-state index contributed by atoms with van der Waals surface area (Å²) in [6.45, 7) is 0. The Balaban J connectivity index is 2.87. The van der Waals surface area contributed by atoms with Gasteiger partial charge in [-0.05, 0) is 18.2 Å². The van der Waals surface area contributed by atoms with E-state index in [1.165, 1.54) is 18.2 Å². The molecule has 90 valence electrons. The van der Waals surface area contributed by atoms with Gasteiger partial charge in [-0.2, -0.15) is 0 Å². The number of hydrogen-bond acceptors (Lipinski definition) is 5. The molecule has 0 saturated heterocycles. The lowest BCUT2D eigenvalue weighted by Crippen LogP contribution is -2.19. The van der Waals surface area contributed by atoms with Crippen LogP contribution in [0.1, 0.15) is 16.8 Å². The SMILES string of the molecule is COC(=O)C(=O)CC(=O)c1cc(Cl)ccc1O. The molecule has 1 N–H and O–H groups in total. The van der Waals surface area contributed by atoms with Crippen molar-refractivity contribution in [3.63, 3.8) is 0 Å². The number of rotatable bonds is 4. The van der Waals surface area contributed by atoms with Gasteiger partial charge in [0.15, 0.2) is 5.78 Å². The number of benzene rings is 1. The lowest BCUT2D eigenvalue weighted by Gasteiger charge is -2.03. The molecule has 0 heterocycles. The summed E-state index contributed by atoms with van der Waals surface area (Å²) in [4.78, 5) is 33.6. The Bertz CT molecular complexity index is 481. The van der Waals surface area contributed by atoms with E-state index < -0.39 is 24.0 Å². The number of phenolic OH excluding ortho intramolecular Hbond substituents is 1. The standard InChI is InChI=1S/C11H9ClO5/c1-17-11(16)10(15)5-9(14)7-4-6(12)2-3-8(7)13/h2-4,13H,5H2,1H3. The van der Waals surface area contributed by atoms with Crippen molar-refractivity contribution >= 4 is 29.1 Å². The fourth-order valence-corrected chi connectivity index (χ4v) is 1.33. The number of aromatic hydroxyl groups is 1. The van der Waals surface area contributed by atoms with Crippen LogP contribution in [0, 0.1) is 0 Å². The number of methoxy groups -OCH3 is 1. The van der Waals surface area contributed by atoms with E-state index in [9.17, 15) is 19.5 Å². The van der Waals surface area contributed by atoms with E-state index in [2.05, 4.69) is 4.74 Å². The lowest BCUT2D eigenvalue weighted by atomic mass is 10.1. The molecule has 1 aromatic rings. The fourth-order valence-electron chi connectivity index (χ4n) is 1.16. The Hall–Kier alpha value is -1.88. The van der Waals surface area contributed by atoms with Gasteiger partial charge >= 0.3 is 5.97 Å². The number of Topliss-reactive ketones (excluding diaryl/α,β-unsaturated/α-hetero) is 2. The van der Waals surface area contributed by atoms with Crippen LogP contribution in [-0.4, -0.2) is 29.8 Å². The molecule has 0 saturated carbocycles. The number of halogens is 1. The molecular formula is C11H9ClO5. The summed E-state index contributed by atoms with van der Waals surface area (Å²) in [6, 6.07) is 3.86. The van der Waals surface area contributed by atoms with Gasteiger partial charge in [-0.15, -0.1) is 0 Å². The summed E-state index contributed by atoms with van der Waals surface area (Å²) in [6.07, 6.45) is -0.666. The number of phenols is 1. The first-order chi connectivity index (χ1) is 7.95. The van der Waals surface area contributed by atoms with Crippen LogP contribution >= 0.6 is 11.6 Å². The second-order valence-electron chi connectivity index (χ2n) is 3.18. The zero-order chi connectivity index (χ0) is 13.0. The first-order valence-electron chi connectivity index (χ1n) is 4.58. The van der Waals surface area contributed by atoms with Crippen LogP contribution in [0.2, 0.25) is 5.02 Å². The Morgan fingerprint density at radius 2 is 2.00 bits per heavy atom. The van der Waals surface area contributed by atoms with Crippen LogP contribution in [0.3, 0.4) is 0 Å². The van der Waals surface area contributed by atoms with Crippen LogP contribution in [-0.2, 0) is 14.3 Å². The highest BCUT2D eigenvalue weighted by molar-refractivity contribution is 6.38. The zero-order valence-corrected chi connectivity index (χ0v) is 9.65. The molecule has 17 heavy (non-hydrogen) atoms. The molecule has 0 spiro atoms. The van der Waals surface area contributed by atoms with E-state index in [0.29, 0.717) is 0 Å². The second kappa shape index (κ2) is 5.45. The Labute approximate surface area is 102 Å². The maximum Gasteiger partial charge on any atom is 0.374 e. The molecule has 0 atom stereocenters. The number of esters is 1. The van der Waals surface area contributed by atoms with Crippen molar-refractivity contribution in [3.8, 4) is 5.75 Å². The molecule has 0 aliphatic carbocycles. The van der Waals surface area contributed by atoms with Crippen molar-refractivity contribution in [3.05, 3.63) is 28.8 Å². The van der Waals surface area contributed by atoms with Crippen LogP contribution in [0.5, 0.6) is 5.75 Å². The molecular weight excluding hydrogens is 248 g/mol. The molecule has 6 heteroatoms. The highest BCUT2D eigenvalue weighted by Crippen LogP contribution is 2.22. The average Bonchev–Trinajstić information content (AvgIpc) is 2.30. The van der Waals surface area contributed by atoms with Crippen molar-refractivity contribution in [1.82, 2.24) is 0 Å². The molecule has 0 aliphatic rings. The third-order valence-corrected chi connectivity index (χ3v) is 2.23. The Morgan fingerprint density at radius 1 is 1.35 bits per heavy atom. The predicted octanol–water partition coefficient (Wildman–Crippen LogP) is 1.36. The third kappa shape index (κ3) is 3.29. The molecule has 0 unspecified atom stereocenters. The van der Waals surface area contributed by atoms with E-state index in [-0.39, 0.29) is 16.3 Å².